The average molecular weight is 264 g/mol. The van der Waals surface area contributed by atoms with Crippen LogP contribution in [0.4, 0.5) is 0 Å². The predicted octanol–water partition coefficient (Wildman–Crippen LogP) is 2.47. The summed E-state index contributed by atoms with van der Waals surface area (Å²) in [5.41, 5.74) is 7.33. The van der Waals surface area contributed by atoms with Crippen molar-refractivity contribution in [3.8, 4) is 0 Å². The maximum Gasteiger partial charge on any atom is 0.0615 e. The third kappa shape index (κ3) is 4.94. The summed E-state index contributed by atoms with van der Waals surface area (Å²) >= 11 is 0. The maximum atomic E-state index is 5.95. The quantitative estimate of drug-likeness (QED) is 0.784. The minimum Gasteiger partial charge on any atom is -0.383 e. The van der Waals surface area contributed by atoms with Crippen LogP contribution in [0.15, 0.2) is 30.3 Å². The van der Waals surface area contributed by atoms with Gasteiger partial charge in [0.2, 0.25) is 0 Å². The fourth-order valence-electron chi connectivity index (χ4n) is 2.47. The van der Waals surface area contributed by atoms with E-state index in [0.717, 1.165) is 13.0 Å². The highest BCUT2D eigenvalue weighted by Gasteiger charge is 2.21. The van der Waals surface area contributed by atoms with Gasteiger partial charge in [0.15, 0.2) is 0 Å². The molecular weight excluding hydrogens is 236 g/mol. The molecule has 0 aliphatic rings. The average Bonchev–Trinajstić information content (AvgIpc) is 2.45. The third-order valence-electron chi connectivity index (χ3n) is 3.95. The van der Waals surface area contributed by atoms with Crippen molar-refractivity contribution in [2.24, 2.45) is 5.73 Å². The number of hydrogen-bond donors (Lipinski definition) is 1. The maximum absolute atomic E-state index is 5.95. The minimum atomic E-state index is 0.389. The summed E-state index contributed by atoms with van der Waals surface area (Å²) in [7, 11) is 3.88. The summed E-state index contributed by atoms with van der Waals surface area (Å²) < 4.78 is 5.23. The number of methoxy groups -OCH3 is 1. The molecular formula is C16H28N2O. The summed E-state index contributed by atoms with van der Waals surface area (Å²) in [5.74, 6) is 0.520. The van der Waals surface area contributed by atoms with Crippen LogP contribution in [0.5, 0.6) is 0 Å². The van der Waals surface area contributed by atoms with Gasteiger partial charge in [0.1, 0.15) is 0 Å². The van der Waals surface area contributed by atoms with E-state index in [1.165, 1.54) is 5.56 Å². The van der Waals surface area contributed by atoms with Gasteiger partial charge in [-0.1, -0.05) is 37.3 Å². The Labute approximate surface area is 117 Å². The molecule has 3 unspecified atom stereocenters. The fraction of sp³-hybridized carbons (Fsp3) is 0.625. The Kier molecular flexibility index (Phi) is 7.06. The van der Waals surface area contributed by atoms with Gasteiger partial charge in [-0.3, -0.25) is 4.90 Å². The number of hydrogen-bond acceptors (Lipinski definition) is 3. The first kappa shape index (κ1) is 16.2. The number of rotatable bonds is 8. The zero-order chi connectivity index (χ0) is 14.3. The lowest BCUT2D eigenvalue weighted by atomic mass is 9.93. The second kappa shape index (κ2) is 8.31. The van der Waals surface area contributed by atoms with Crippen molar-refractivity contribution in [3.63, 3.8) is 0 Å². The van der Waals surface area contributed by atoms with Crippen LogP contribution in [0.25, 0.3) is 0 Å². The highest BCUT2D eigenvalue weighted by atomic mass is 16.5. The smallest absolute Gasteiger partial charge is 0.0615 e. The van der Waals surface area contributed by atoms with E-state index in [9.17, 15) is 0 Å². The Morgan fingerprint density at radius 1 is 1.21 bits per heavy atom. The molecule has 3 atom stereocenters. The minimum absolute atomic E-state index is 0.389. The summed E-state index contributed by atoms with van der Waals surface area (Å²) in [6.45, 7) is 5.88. The first-order valence-electron chi connectivity index (χ1n) is 7.06. The van der Waals surface area contributed by atoms with Crippen molar-refractivity contribution >= 4 is 0 Å². The normalized spacial score (nSPS) is 16.3. The molecule has 3 nitrogen and oxygen atoms in total. The van der Waals surface area contributed by atoms with E-state index in [4.69, 9.17) is 10.5 Å². The van der Waals surface area contributed by atoms with Crippen LogP contribution in [0.3, 0.4) is 0 Å². The first-order valence-corrected chi connectivity index (χ1v) is 7.06. The van der Waals surface area contributed by atoms with Gasteiger partial charge in [-0.05, 0) is 31.9 Å². The molecule has 0 saturated heterocycles. The Balaban J connectivity index is 2.61. The van der Waals surface area contributed by atoms with Crippen molar-refractivity contribution in [2.45, 2.75) is 38.3 Å². The van der Waals surface area contributed by atoms with E-state index in [2.05, 4.69) is 56.1 Å². The highest BCUT2D eigenvalue weighted by molar-refractivity contribution is 5.18. The van der Waals surface area contributed by atoms with E-state index >= 15 is 0 Å². The van der Waals surface area contributed by atoms with Crippen molar-refractivity contribution in [3.05, 3.63) is 35.9 Å². The van der Waals surface area contributed by atoms with E-state index in [1.807, 2.05) is 0 Å². The SMILES string of the molecule is COCC(C)N(C)C(CN)CC(C)c1ccccc1. The second-order valence-corrected chi connectivity index (χ2v) is 5.41. The predicted molar refractivity (Wildman–Crippen MR) is 81.4 cm³/mol. The molecule has 0 aromatic heterocycles. The van der Waals surface area contributed by atoms with Gasteiger partial charge in [-0.15, -0.1) is 0 Å². The number of nitrogens with zero attached hydrogens (tertiary/aromatic N) is 1. The van der Waals surface area contributed by atoms with Crippen molar-refractivity contribution in [1.29, 1.82) is 0 Å². The molecule has 0 heterocycles. The van der Waals surface area contributed by atoms with Crippen LogP contribution < -0.4 is 5.73 Å². The number of nitrogens with two attached hydrogens (primary N) is 1. The van der Waals surface area contributed by atoms with Crippen LogP contribution in [0.1, 0.15) is 31.7 Å². The van der Waals surface area contributed by atoms with Gasteiger partial charge in [0.05, 0.1) is 6.61 Å². The van der Waals surface area contributed by atoms with E-state index < -0.39 is 0 Å². The molecule has 0 aliphatic heterocycles. The van der Waals surface area contributed by atoms with Crippen LogP contribution in [0.2, 0.25) is 0 Å². The topological polar surface area (TPSA) is 38.5 Å². The van der Waals surface area contributed by atoms with Crippen LogP contribution in [-0.4, -0.2) is 44.3 Å². The molecule has 0 saturated carbocycles. The van der Waals surface area contributed by atoms with E-state index in [-0.39, 0.29) is 0 Å². The summed E-state index contributed by atoms with van der Waals surface area (Å²) in [5, 5.41) is 0. The molecule has 3 heteroatoms. The fourth-order valence-corrected chi connectivity index (χ4v) is 2.47. The Hall–Kier alpha value is -0.900. The Morgan fingerprint density at radius 3 is 2.37 bits per heavy atom. The lowest BCUT2D eigenvalue weighted by Crippen LogP contribution is -2.45. The lowest BCUT2D eigenvalue weighted by Gasteiger charge is -2.33. The molecule has 1 aromatic rings. The molecule has 0 spiro atoms. The van der Waals surface area contributed by atoms with Gasteiger partial charge in [0.25, 0.3) is 0 Å². The molecule has 1 aromatic carbocycles. The zero-order valence-electron chi connectivity index (χ0n) is 12.7. The highest BCUT2D eigenvalue weighted by Crippen LogP contribution is 2.22. The number of likely N-dealkylation sites (N-methyl/N-ethyl adjacent to an activating group) is 1. The van der Waals surface area contributed by atoms with Gasteiger partial charge in [-0.25, -0.2) is 0 Å². The summed E-state index contributed by atoms with van der Waals surface area (Å²) in [6, 6.07) is 11.4. The number of benzene rings is 1. The molecule has 0 aliphatic carbocycles. The van der Waals surface area contributed by atoms with Crippen molar-refractivity contribution in [1.82, 2.24) is 4.90 Å². The Bertz CT molecular complexity index is 342. The molecule has 0 fully saturated rings. The molecule has 0 bridgehead atoms. The van der Waals surface area contributed by atoms with Gasteiger partial charge in [0, 0.05) is 25.7 Å². The van der Waals surface area contributed by atoms with Crippen molar-refractivity contribution < 1.29 is 4.74 Å². The van der Waals surface area contributed by atoms with E-state index in [1.54, 1.807) is 7.11 Å². The number of ether oxygens (including phenoxy) is 1. The van der Waals surface area contributed by atoms with Crippen LogP contribution in [0, 0.1) is 0 Å². The summed E-state index contributed by atoms with van der Waals surface area (Å²) in [4.78, 5) is 2.34. The molecule has 0 radical (unpaired) electrons. The van der Waals surface area contributed by atoms with E-state index in [0.29, 0.717) is 24.5 Å². The molecule has 2 N–H and O–H groups in total. The van der Waals surface area contributed by atoms with Crippen LogP contribution >= 0.6 is 0 Å². The molecule has 0 amide bonds. The standard InChI is InChI=1S/C16H28N2O/c1-13(15-8-6-5-7-9-15)10-16(11-17)18(3)14(2)12-19-4/h5-9,13-14,16H,10-12,17H2,1-4H3. The van der Waals surface area contributed by atoms with Gasteiger partial charge in [-0.2, -0.15) is 0 Å². The van der Waals surface area contributed by atoms with Crippen molar-refractivity contribution in [2.75, 3.05) is 27.3 Å². The second-order valence-electron chi connectivity index (χ2n) is 5.41. The Morgan fingerprint density at radius 2 is 1.84 bits per heavy atom. The van der Waals surface area contributed by atoms with Gasteiger partial charge < -0.3 is 10.5 Å². The molecule has 108 valence electrons. The van der Waals surface area contributed by atoms with Crippen LogP contribution in [-0.2, 0) is 4.74 Å². The largest absolute Gasteiger partial charge is 0.383 e. The van der Waals surface area contributed by atoms with Gasteiger partial charge >= 0.3 is 0 Å². The third-order valence-corrected chi connectivity index (χ3v) is 3.95. The lowest BCUT2D eigenvalue weighted by molar-refractivity contribution is 0.0865. The summed E-state index contributed by atoms with van der Waals surface area (Å²) in [6.07, 6.45) is 1.07. The molecule has 19 heavy (non-hydrogen) atoms. The monoisotopic (exact) mass is 264 g/mol. The zero-order valence-corrected chi connectivity index (χ0v) is 12.7. The first-order chi connectivity index (χ1) is 9.10. The molecule has 1 rings (SSSR count).